The highest BCUT2D eigenvalue weighted by Crippen LogP contribution is 2.24. The molecule has 0 saturated carbocycles. The van der Waals surface area contributed by atoms with Gasteiger partial charge >= 0.3 is 0 Å². The summed E-state index contributed by atoms with van der Waals surface area (Å²) in [6, 6.07) is 0. The van der Waals surface area contributed by atoms with E-state index in [0.29, 0.717) is 30.0 Å². The van der Waals surface area contributed by atoms with Gasteiger partial charge in [-0.3, -0.25) is 9.69 Å². The van der Waals surface area contributed by atoms with Gasteiger partial charge in [0.1, 0.15) is 5.52 Å². The molecule has 1 fully saturated rings. The molecule has 1 saturated heterocycles. The average molecular weight is 337 g/mol. The third-order valence-electron chi connectivity index (χ3n) is 4.25. The highest BCUT2D eigenvalue weighted by Gasteiger charge is 2.31. The fourth-order valence-corrected chi connectivity index (χ4v) is 4.19. The van der Waals surface area contributed by atoms with Crippen LogP contribution < -0.4 is 11.3 Å². The number of nitrogens with two attached hydrogens (primary N) is 1. The predicted molar refractivity (Wildman–Crippen MR) is 92.5 cm³/mol. The zero-order valence-electron chi connectivity index (χ0n) is 13.0. The van der Waals surface area contributed by atoms with Crippen molar-refractivity contribution in [2.75, 3.05) is 31.1 Å². The molecule has 2 aromatic rings. The van der Waals surface area contributed by atoms with Crippen molar-refractivity contribution in [3.63, 3.8) is 0 Å². The van der Waals surface area contributed by atoms with Crippen LogP contribution in [-0.4, -0.2) is 62.2 Å². The summed E-state index contributed by atoms with van der Waals surface area (Å²) in [5, 5.41) is 10.2. The lowest BCUT2D eigenvalue weighted by molar-refractivity contribution is 0.149. The molecular weight excluding hydrogens is 314 g/mol. The Hall–Kier alpha value is -1.35. The first-order chi connectivity index (χ1) is 11.2. The maximum absolute atomic E-state index is 11.7. The lowest BCUT2D eigenvalue weighted by atomic mass is 10.1. The van der Waals surface area contributed by atoms with Gasteiger partial charge in [-0.1, -0.05) is 0 Å². The maximum atomic E-state index is 11.7. The summed E-state index contributed by atoms with van der Waals surface area (Å²) in [7, 11) is 0. The third-order valence-corrected chi connectivity index (χ3v) is 5.49. The first kappa shape index (κ1) is 16.5. The lowest BCUT2D eigenvalue weighted by Crippen LogP contribution is -2.21. The number of hydrogen-bond acceptors (Lipinski definition) is 6. The van der Waals surface area contributed by atoms with Crippen LogP contribution in [0.1, 0.15) is 12.0 Å². The van der Waals surface area contributed by atoms with Crippen LogP contribution in [0.2, 0.25) is 0 Å². The van der Waals surface area contributed by atoms with Crippen LogP contribution in [0.3, 0.4) is 0 Å². The second-order valence-corrected chi connectivity index (χ2v) is 7.16. The number of nitrogens with one attached hydrogen (secondary N) is 2. The second-order valence-electron chi connectivity index (χ2n) is 6.01. The minimum atomic E-state index is -0.290. The molecule has 23 heavy (non-hydrogen) atoms. The molecule has 1 aliphatic rings. The Kier molecular flexibility index (Phi) is 5.37. The average Bonchev–Trinajstić information content (AvgIpc) is 3.09. The molecule has 0 unspecified atom stereocenters. The van der Waals surface area contributed by atoms with Crippen LogP contribution in [0.25, 0.3) is 11.0 Å². The van der Waals surface area contributed by atoms with E-state index in [2.05, 4.69) is 19.9 Å². The van der Waals surface area contributed by atoms with Crippen LogP contribution in [0.4, 0.5) is 0 Å². The Bertz CT molecular complexity index is 700. The summed E-state index contributed by atoms with van der Waals surface area (Å²) < 4.78 is 0. The van der Waals surface area contributed by atoms with E-state index < -0.39 is 0 Å². The molecule has 0 amide bonds. The van der Waals surface area contributed by atoms with E-state index in [0.717, 1.165) is 36.6 Å². The number of likely N-dealkylation sites (tertiary alicyclic amines) is 1. The van der Waals surface area contributed by atoms with Crippen LogP contribution in [0.15, 0.2) is 17.3 Å². The van der Waals surface area contributed by atoms with E-state index >= 15 is 0 Å². The van der Waals surface area contributed by atoms with E-state index in [1.165, 1.54) is 6.33 Å². The Morgan fingerprint density at radius 1 is 1.43 bits per heavy atom. The van der Waals surface area contributed by atoms with Gasteiger partial charge in [0.05, 0.1) is 17.9 Å². The molecule has 2 aromatic heterocycles. The number of rotatable bonds is 7. The smallest absolute Gasteiger partial charge is 0.275 e. The minimum Gasteiger partial charge on any atom is -0.391 e. The molecule has 0 aliphatic carbocycles. The predicted octanol–water partition coefficient (Wildman–Crippen LogP) is 0.126. The number of thioether (sulfide) groups is 1. The summed E-state index contributed by atoms with van der Waals surface area (Å²) >= 11 is 1.86. The monoisotopic (exact) mass is 337 g/mol. The molecule has 1 aliphatic heterocycles. The van der Waals surface area contributed by atoms with Crippen LogP contribution >= 0.6 is 11.8 Å². The second kappa shape index (κ2) is 7.48. The van der Waals surface area contributed by atoms with Crippen molar-refractivity contribution in [1.29, 1.82) is 0 Å². The first-order valence-electron chi connectivity index (χ1n) is 7.91. The zero-order valence-corrected chi connectivity index (χ0v) is 13.8. The van der Waals surface area contributed by atoms with E-state index in [1.807, 2.05) is 18.0 Å². The molecule has 0 aromatic carbocycles. The van der Waals surface area contributed by atoms with E-state index in [1.54, 1.807) is 0 Å². The number of aromatic amines is 2. The minimum absolute atomic E-state index is 0.156. The summed E-state index contributed by atoms with van der Waals surface area (Å²) in [6.07, 6.45) is 3.99. The summed E-state index contributed by atoms with van der Waals surface area (Å²) in [6.45, 7) is 2.95. The normalized spacial score (nSPS) is 22.2. The topological polar surface area (TPSA) is 111 Å². The van der Waals surface area contributed by atoms with Crippen LogP contribution in [0, 0.1) is 5.92 Å². The Labute approximate surface area is 138 Å². The Morgan fingerprint density at radius 3 is 3.13 bits per heavy atom. The number of H-pyrrole nitrogens is 2. The van der Waals surface area contributed by atoms with Crippen molar-refractivity contribution < 1.29 is 5.11 Å². The molecule has 5 N–H and O–H groups in total. The summed E-state index contributed by atoms with van der Waals surface area (Å²) in [4.78, 5) is 23.8. The van der Waals surface area contributed by atoms with Crippen LogP contribution in [-0.2, 0) is 6.54 Å². The number of β-amino-alcohol motifs (C(OH)–C–C–N with tert-alkyl or cyclic N) is 1. The van der Waals surface area contributed by atoms with E-state index in [9.17, 15) is 9.90 Å². The summed E-state index contributed by atoms with van der Waals surface area (Å²) in [5.74, 6) is 2.30. The van der Waals surface area contributed by atoms with Gasteiger partial charge < -0.3 is 20.8 Å². The van der Waals surface area contributed by atoms with Crippen molar-refractivity contribution in [2.24, 2.45) is 11.7 Å². The maximum Gasteiger partial charge on any atom is 0.275 e. The van der Waals surface area contributed by atoms with Crippen molar-refractivity contribution in [1.82, 2.24) is 19.9 Å². The third kappa shape index (κ3) is 3.77. The number of aromatic nitrogens is 3. The van der Waals surface area contributed by atoms with Crippen molar-refractivity contribution >= 4 is 22.8 Å². The number of hydrogen-bond donors (Lipinski definition) is 4. The van der Waals surface area contributed by atoms with E-state index in [4.69, 9.17) is 5.73 Å². The quantitative estimate of drug-likeness (QED) is 0.534. The number of aliphatic hydroxyl groups excluding tert-OH is 1. The van der Waals surface area contributed by atoms with Gasteiger partial charge in [-0.15, -0.1) is 0 Å². The molecular formula is C15H23N5O2S. The van der Waals surface area contributed by atoms with Gasteiger partial charge in [0.15, 0.2) is 0 Å². The van der Waals surface area contributed by atoms with Gasteiger partial charge in [0, 0.05) is 37.3 Å². The lowest BCUT2D eigenvalue weighted by Gasteiger charge is -2.14. The molecule has 8 heteroatoms. The van der Waals surface area contributed by atoms with Gasteiger partial charge in [0.2, 0.25) is 0 Å². The highest BCUT2D eigenvalue weighted by atomic mass is 32.2. The fourth-order valence-electron chi connectivity index (χ4n) is 3.02. The SMILES string of the molecule is NCCCSC[C@@H]1CN(Cc2c[nH]c3c(=O)[nH]cnc23)C[C@H]1O. The molecule has 0 bridgehead atoms. The highest BCUT2D eigenvalue weighted by molar-refractivity contribution is 7.99. The molecule has 7 nitrogen and oxygen atoms in total. The van der Waals surface area contributed by atoms with Gasteiger partial charge in [-0.2, -0.15) is 11.8 Å². The summed E-state index contributed by atoms with van der Waals surface area (Å²) in [5.41, 5.74) is 7.56. The number of nitrogens with zero attached hydrogens (tertiary/aromatic N) is 2. The Morgan fingerprint density at radius 2 is 2.30 bits per heavy atom. The zero-order chi connectivity index (χ0) is 16.2. The standard InChI is InChI=1S/C15H23N5O2S/c16-2-1-3-23-8-11-6-20(7-12(11)21)5-10-4-17-14-13(10)18-9-19-15(14)22/h4,9,11-12,17,21H,1-3,5-8,16H2,(H,18,19,22)/t11-,12+/m0/s1. The molecule has 0 spiro atoms. The van der Waals surface area contributed by atoms with Crippen molar-refractivity contribution in [2.45, 2.75) is 19.1 Å². The molecule has 126 valence electrons. The van der Waals surface area contributed by atoms with Gasteiger partial charge in [-0.05, 0) is 24.5 Å². The van der Waals surface area contributed by atoms with Crippen molar-refractivity contribution in [3.05, 3.63) is 28.4 Å². The molecule has 2 atom stereocenters. The fraction of sp³-hybridized carbons (Fsp3) is 0.600. The number of aliphatic hydroxyl groups is 1. The number of fused-ring (bicyclic) bond motifs is 1. The molecule has 0 radical (unpaired) electrons. The van der Waals surface area contributed by atoms with Gasteiger partial charge in [0.25, 0.3) is 5.56 Å². The molecule has 3 heterocycles. The first-order valence-corrected chi connectivity index (χ1v) is 9.06. The molecule has 3 rings (SSSR count). The largest absolute Gasteiger partial charge is 0.391 e. The van der Waals surface area contributed by atoms with Crippen molar-refractivity contribution in [3.8, 4) is 0 Å². The van der Waals surface area contributed by atoms with Crippen LogP contribution in [0.5, 0.6) is 0 Å². The Balaban J connectivity index is 1.60. The van der Waals surface area contributed by atoms with E-state index in [-0.39, 0.29) is 11.7 Å². The van der Waals surface area contributed by atoms with Gasteiger partial charge in [-0.25, -0.2) is 4.98 Å².